The predicted molar refractivity (Wildman–Crippen MR) is 73.5 cm³/mol. The van der Waals surface area contributed by atoms with Crippen molar-refractivity contribution < 1.29 is 14.3 Å². The van der Waals surface area contributed by atoms with E-state index in [1.807, 2.05) is 6.92 Å². The van der Waals surface area contributed by atoms with Crippen LogP contribution in [-0.4, -0.2) is 18.9 Å². The van der Waals surface area contributed by atoms with Gasteiger partial charge in [0.2, 0.25) is 0 Å². The third kappa shape index (κ3) is 2.47. The van der Waals surface area contributed by atoms with E-state index in [2.05, 4.69) is 13.5 Å². The fraction of sp³-hybridized carbons (Fsp3) is 0.750. The summed E-state index contributed by atoms with van der Waals surface area (Å²) in [6, 6.07) is 0. The van der Waals surface area contributed by atoms with E-state index >= 15 is 0 Å². The Morgan fingerprint density at radius 1 is 1.42 bits per heavy atom. The maximum absolute atomic E-state index is 11.9. The molecule has 0 bridgehead atoms. The highest BCUT2D eigenvalue weighted by molar-refractivity contribution is 5.88. The molecule has 2 saturated carbocycles. The van der Waals surface area contributed by atoms with E-state index < -0.39 is 0 Å². The summed E-state index contributed by atoms with van der Waals surface area (Å²) in [5.74, 6) is 0.759. The first-order valence-electron chi connectivity index (χ1n) is 7.19. The van der Waals surface area contributed by atoms with E-state index in [1.54, 1.807) is 0 Å². The maximum Gasteiger partial charge on any atom is 0.333 e. The van der Waals surface area contributed by atoms with Crippen LogP contribution in [0.1, 0.15) is 46.0 Å². The van der Waals surface area contributed by atoms with Crippen LogP contribution in [0, 0.1) is 23.2 Å². The molecule has 0 aliphatic heterocycles. The summed E-state index contributed by atoms with van der Waals surface area (Å²) in [4.78, 5) is 23.6. The zero-order chi connectivity index (χ0) is 14.2. The molecular weight excluding hydrogens is 240 g/mol. The van der Waals surface area contributed by atoms with Crippen molar-refractivity contribution in [2.45, 2.75) is 46.0 Å². The molecule has 0 saturated heterocycles. The number of rotatable bonds is 2. The number of ether oxygens (including phenoxy) is 1. The van der Waals surface area contributed by atoms with Crippen molar-refractivity contribution in [2.75, 3.05) is 7.11 Å². The van der Waals surface area contributed by atoms with Crippen LogP contribution in [-0.2, 0) is 14.3 Å². The van der Waals surface area contributed by atoms with Gasteiger partial charge in [0, 0.05) is 17.9 Å². The average molecular weight is 264 g/mol. The molecule has 2 aliphatic rings. The molecule has 0 aromatic rings. The van der Waals surface area contributed by atoms with Gasteiger partial charge in [0.25, 0.3) is 0 Å². The van der Waals surface area contributed by atoms with Gasteiger partial charge in [-0.15, -0.1) is 0 Å². The maximum atomic E-state index is 11.9. The van der Waals surface area contributed by atoms with Crippen molar-refractivity contribution >= 4 is 11.8 Å². The Kier molecular flexibility index (Phi) is 3.84. The molecule has 2 rings (SSSR count). The number of Topliss-reactive ketones (excluding diaryl/α,β-unsaturated/α-hetero) is 1. The average Bonchev–Trinajstić information content (AvgIpc) is 2.41. The predicted octanol–water partition coefficient (Wildman–Crippen LogP) is 3.14. The number of carbonyl (C=O) groups is 2. The molecule has 0 aromatic heterocycles. The van der Waals surface area contributed by atoms with Crippen LogP contribution in [0.15, 0.2) is 12.2 Å². The Hall–Kier alpha value is -1.12. The van der Waals surface area contributed by atoms with E-state index in [0.717, 1.165) is 32.1 Å². The molecule has 19 heavy (non-hydrogen) atoms. The Balaban J connectivity index is 2.14. The highest BCUT2D eigenvalue weighted by atomic mass is 16.5. The second kappa shape index (κ2) is 5.10. The van der Waals surface area contributed by atoms with E-state index in [1.165, 1.54) is 7.11 Å². The first kappa shape index (κ1) is 14.3. The third-order valence-electron chi connectivity index (χ3n) is 5.49. The lowest BCUT2D eigenvalue weighted by atomic mass is 9.54. The smallest absolute Gasteiger partial charge is 0.333 e. The minimum atomic E-state index is -0.302. The van der Waals surface area contributed by atoms with Crippen LogP contribution in [0.4, 0.5) is 0 Å². The van der Waals surface area contributed by atoms with E-state index in [4.69, 9.17) is 4.74 Å². The van der Waals surface area contributed by atoms with E-state index in [0.29, 0.717) is 17.3 Å². The van der Waals surface area contributed by atoms with Gasteiger partial charge in [-0.3, -0.25) is 4.79 Å². The summed E-state index contributed by atoms with van der Waals surface area (Å²) in [7, 11) is 1.40. The minimum absolute atomic E-state index is 0.118. The summed E-state index contributed by atoms with van der Waals surface area (Å²) in [5.41, 5.74) is 0.843. The molecule has 0 aromatic carbocycles. The second-order valence-corrected chi connectivity index (χ2v) is 6.50. The quantitative estimate of drug-likeness (QED) is 0.568. The van der Waals surface area contributed by atoms with Gasteiger partial charge in [-0.2, -0.15) is 0 Å². The van der Waals surface area contributed by atoms with Gasteiger partial charge < -0.3 is 4.74 Å². The monoisotopic (exact) mass is 264 g/mol. The number of hydrogen-bond acceptors (Lipinski definition) is 3. The van der Waals surface area contributed by atoms with Crippen LogP contribution in [0.2, 0.25) is 0 Å². The van der Waals surface area contributed by atoms with E-state index in [-0.39, 0.29) is 23.2 Å². The minimum Gasteiger partial charge on any atom is -0.466 e. The first-order chi connectivity index (χ1) is 8.89. The number of carbonyl (C=O) groups excluding carboxylic acids is 2. The van der Waals surface area contributed by atoms with Gasteiger partial charge >= 0.3 is 5.97 Å². The number of fused-ring (bicyclic) bond motifs is 1. The number of hydrogen-bond donors (Lipinski definition) is 0. The molecule has 4 atom stereocenters. The standard InChI is InChI=1S/C16H24O3/c1-10(15(18)19-4)12-5-7-16(3)8-6-14(17)11(2)13(16)9-12/h11-13H,1,5-9H2,2-4H3. The summed E-state index contributed by atoms with van der Waals surface area (Å²) < 4.78 is 4.77. The largest absolute Gasteiger partial charge is 0.466 e. The lowest BCUT2D eigenvalue weighted by molar-refractivity contribution is -0.137. The normalized spacial score (nSPS) is 38.5. The molecule has 0 heterocycles. The lowest BCUT2D eigenvalue weighted by Crippen LogP contribution is -2.45. The number of esters is 1. The summed E-state index contributed by atoms with van der Waals surface area (Å²) in [5, 5.41) is 0. The molecule has 2 fully saturated rings. The highest BCUT2D eigenvalue weighted by Crippen LogP contribution is 2.53. The fourth-order valence-corrected chi connectivity index (χ4v) is 3.99. The molecule has 0 N–H and O–H groups in total. The third-order valence-corrected chi connectivity index (χ3v) is 5.49. The SMILES string of the molecule is C=C(C(=O)OC)C1CCC2(C)CCC(=O)C(C)C2C1. The highest BCUT2D eigenvalue weighted by Gasteiger charge is 2.48. The molecule has 3 nitrogen and oxygen atoms in total. The summed E-state index contributed by atoms with van der Waals surface area (Å²) in [6.45, 7) is 8.25. The van der Waals surface area contributed by atoms with E-state index in [9.17, 15) is 9.59 Å². The Labute approximate surface area is 115 Å². The zero-order valence-corrected chi connectivity index (χ0v) is 12.2. The molecule has 4 unspecified atom stereocenters. The number of ketones is 1. The van der Waals surface area contributed by atoms with Crippen LogP contribution in [0.25, 0.3) is 0 Å². The van der Waals surface area contributed by atoms with Gasteiger partial charge in [-0.25, -0.2) is 4.79 Å². The Morgan fingerprint density at radius 2 is 2.11 bits per heavy atom. The van der Waals surface area contributed by atoms with Gasteiger partial charge in [-0.1, -0.05) is 20.4 Å². The van der Waals surface area contributed by atoms with Crippen molar-refractivity contribution in [1.29, 1.82) is 0 Å². The van der Waals surface area contributed by atoms with Crippen molar-refractivity contribution in [2.24, 2.45) is 23.2 Å². The van der Waals surface area contributed by atoms with Crippen LogP contribution in [0.5, 0.6) is 0 Å². The molecule has 0 radical (unpaired) electrons. The van der Waals surface area contributed by atoms with Crippen LogP contribution in [0.3, 0.4) is 0 Å². The lowest BCUT2D eigenvalue weighted by Gasteiger charge is -2.50. The van der Waals surface area contributed by atoms with Crippen molar-refractivity contribution in [3.8, 4) is 0 Å². The Morgan fingerprint density at radius 3 is 2.74 bits per heavy atom. The molecule has 3 heteroatoms. The summed E-state index contributed by atoms with van der Waals surface area (Å²) >= 11 is 0. The van der Waals surface area contributed by atoms with Crippen LogP contribution >= 0.6 is 0 Å². The van der Waals surface area contributed by atoms with Crippen molar-refractivity contribution in [3.63, 3.8) is 0 Å². The molecule has 106 valence electrons. The first-order valence-corrected chi connectivity index (χ1v) is 7.19. The van der Waals surface area contributed by atoms with Crippen molar-refractivity contribution in [3.05, 3.63) is 12.2 Å². The van der Waals surface area contributed by atoms with Gasteiger partial charge in [-0.05, 0) is 42.9 Å². The topological polar surface area (TPSA) is 43.4 Å². The molecule has 0 amide bonds. The van der Waals surface area contributed by atoms with Gasteiger partial charge in [0.05, 0.1) is 7.11 Å². The van der Waals surface area contributed by atoms with Gasteiger partial charge in [0.15, 0.2) is 0 Å². The molecule has 0 spiro atoms. The fourth-order valence-electron chi connectivity index (χ4n) is 3.99. The molecular formula is C16H24O3. The molecule has 2 aliphatic carbocycles. The zero-order valence-electron chi connectivity index (χ0n) is 12.2. The summed E-state index contributed by atoms with van der Waals surface area (Å²) in [6.07, 6.45) is 4.68. The number of methoxy groups -OCH3 is 1. The van der Waals surface area contributed by atoms with Crippen LogP contribution < -0.4 is 0 Å². The van der Waals surface area contributed by atoms with Crippen molar-refractivity contribution in [1.82, 2.24) is 0 Å². The Bertz CT molecular complexity index is 412. The second-order valence-electron chi connectivity index (χ2n) is 6.50. The van der Waals surface area contributed by atoms with Gasteiger partial charge in [0.1, 0.15) is 5.78 Å².